The molecule has 0 heterocycles. The molecule has 0 aliphatic carbocycles. The van der Waals surface area contributed by atoms with Crippen molar-refractivity contribution in [3.05, 3.63) is 29.8 Å². The summed E-state index contributed by atoms with van der Waals surface area (Å²) >= 11 is 0. The van der Waals surface area contributed by atoms with Crippen molar-refractivity contribution in [2.45, 2.75) is 31.6 Å². The highest BCUT2D eigenvalue weighted by atomic mass is 32.2. The maximum absolute atomic E-state index is 12.0. The molecular weight excluding hydrogens is 252 g/mol. The summed E-state index contributed by atoms with van der Waals surface area (Å²) in [7, 11) is -3.26. The number of hydrogen-bond donors (Lipinski definition) is 1. The first-order valence-corrected chi connectivity index (χ1v) is 7.54. The standard InChI is InChI=1S/C13H18O4S/c1-3-10(2)9-18(16,17)12-6-4-11(5-7-12)8-13(14)15/h4-7,10H,3,8-9H2,1-2H3,(H,14,15). The molecule has 100 valence electrons. The fourth-order valence-electron chi connectivity index (χ4n) is 1.58. The first-order valence-electron chi connectivity index (χ1n) is 5.88. The summed E-state index contributed by atoms with van der Waals surface area (Å²) in [5.74, 6) is -0.680. The molecule has 5 heteroatoms. The van der Waals surface area contributed by atoms with Crippen LogP contribution in [-0.2, 0) is 21.1 Å². The van der Waals surface area contributed by atoms with Gasteiger partial charge in [-0.15, -0.1) is 0 Å². The normalized spacial score (nSPS) is 13.2. The summed E-state index contributed by atoms with van der Waals surface area (Å²) in [4.78, 5) is 10.8. The lowest BCUT2D eigenvalue weighted by Crippen LogP contribution is -2.13. The maximum Gasteiger partial charge on any atom is 0.307 e. The van der Waals surface area contributed by atoms with Crippen molar-refractivity contribution in [1.29, 1.82) is 0 Å². The molecule has 1 aromatic carbocycles. The molecule has 0 aliphatic rings. The lowest BCUT2D eigenvalue weighted by molar-refractivity contribution is -0.136. The highest BCUT2D eigenvalue weighted by Crippen LogP contribution is 2.16. The van der Waals surface area contributed by atoms with Crippen molar-refractivity contribution in [3.8, 4) is 0 Å². The van der Waals surface area contributed by atoms with Crippen molar-refractivity contribution < 1.29 is 18.3 Å². The van der Waals surface area contributed by atoms with Crippen LogP contribution >= 0.6 is 0 Å². The number of benzene rings is 1. The van der Waals surface area contributed by atoms with Crippen LogP contribution in [0.25, 0.3) is 0 Å². The molecule has 1 rings (SSSR count). The topological polar surface area (TPSA) is 71.4 Å². The Morgan fingerprint density at radius 1 is 1.28 bits per heavy atom. The predicted molar refractivity (Wildman–Crippen MR) is 69.3 cm³/mol. The third kappa shape index (κ3) is 4.14. The largest absolute Gasteiger partial charge is 0.481 e. The zero-order valence-electron chi connectivity index (χ0n) is 10.6. The molecule has 0 radical (unpaired) electrons. The van der Waals surface area contributed by atoms with Crippen molar-refractivity contribution >= 4 is 15.8 Å². The smallest absolute Gasteiger partial charge is 0.307 e. The van der Waals surface area contributed by atoms with Crippen LogP contribution in [0.5, 0.6) is 0 Å². The Morgan fingerprint density at radius 3 is 2.28 bits per heavy atom. The molecule has 0 bridgehead atoms. The Balaban J connectivity index is 2.87. The summed E-state index contributed by atoms with van der Waals surface area (Å²) in [6, 6.07) is 6.07. The van der Waals surface area contributed by atoms with Gasteiger partial charge >= 0.3 is 5.97 Å². The van der Waals surface area contributed by atoms with Crippen molar-refractivity contribution in [1.82, 2.24) is 0 Å². The van der Waals surface area contributed by atoms with Gasteiger partial charge in [0, 0.05) is 0 Å². The van der Waals surface area contributed by atoms with E-state index in [1.807, 2.05) is 13.8 Å². The van der Waals surface area contributed by atoms with E-state index in [0.29, 0.717) is 5.56 Å². The summed E-state index contributed by atoms with van der Waals surface area (Å²) in [5.41, 5.74) is 0.602. The number of carbonyl (C=O) groups is 1. The second-order valence-electron chi connectivity index (χ2n) is 4.51. The van der Waals surface area contributed by atoms with Gasteiger partial charge in [-0.05, 0) is 23.6 Å². The first-order chi connectivity index (χ1) is 8.35. The van der Waals surface area contributed by atoms with Crippen LogP contribution in [-0.4, -0.2) is 25.2 Å². The second-order valence-corrected chi connectivity index (χ2v) is 6.54. The minimum Gasteiger partial charge on any atom is -0.481 e. The van der Waals surface area contributed by atoms with E-state index in [1.165, 1.54) is 12.1 Å². The third-order valence-corrected chi connectivity index (χ3v) is 4.84. The second kappa shape index (κ2) is 6.00. The van der Waals surface area contributed by atoms with Crippen LogP contribution in [0.2, 0.25) is 0 Å². The van der Waals surface area contributed by atoms with Crippen molar-refractivity contribution in [2.24, 2.45) is 5.92 Å². The lowest BCUT2D eigenvalue weighted by Gasteiger charge is -2.09. The highest BCUT2D eigenvalue weighted by molar-refractivity contribution is 7.91. The van der Waals surface area contributed by atoms with Gasteiger partial charge in [-0.25, -0.2) is 8.42 Å². The Hall–Kier alpha value is -1.36. The minimum atomic E-state index is -3.26. The van der Waals surface area contributed by atoms with Gasteiger partial charge in [-0.2, -0.15) is 0 Å². The third-order valence-electron chi connectivity index (χ3n) is 2.84. The average Bonchev–Trinajstić information content (AvgIpc) is 2.28. The van der Waals surface area contributed by atoms with Gasteiger partial charge in [0.2, 0.25) is 0 Å². The zero-order chi connectivity index (χ0) is 13.8. The van der Waals surface area contributed by atoms with Gasteiger partial charge in [0.25, 0.3) is 0 Å². The summed E-state index contributed by atoms with van der Waals surface area (Å²) in [5, 5.41) is 8.63. The molecule has 0 spiro atoms. The number of aliphatic carboxylic acids is 1. The quantitative estimate of drug-likeness (QED) is 0.859. The predicted octanol–water partition coefficient (Wildman–Crippen LogP) is 2.13. The molecule has 0 saturated heterocycles. The van der Waals surface area contributed by atoms with E-state index in [-0.39, 0.29) is 23.0 Å². The Labute approximate surface area is 108 Å². The van der Waals surface area contributed by atoms with Gasteiger partial charge in [0.15, 0.2) is 9.84 Å². The fourth-order valence-corrected chi connectivity index (χ4v) is 3.31. The molecular formula is C13H18O4S. The van der Waals surface area contributed by atoms with Gasteiger partial charge in [0.1, 0.15) is 0 Å². The molecule has 18 heavy (non-hydrogen) atoms. The molecule has 0 fully saturated rings. The molecule has 1 atom stereocenters. The van der Waals surface area contributed by atoms with Crippen LogP contribution in [0.3, 0.4) is 0 Å². The Kier molecular flexibility index (Phi) is 4.90. The molecule has 0 aromatic heterocycles. The van der Waals surface area contributed by atoms with Crippen LogP contribution in [0.1, 0.15) is 25.8 Å². The van der Waals surface area contributed by atoms with E-state index in [4.69, 9.17) is 5.11 Å². The van der Waals surface area contributed by atoms with Gasteiger partial charge in [-0.1, -0.05) is 32.4 Å². The maximum atomic E-state index is 12.0. The van der Waals surface area contributed by atoms with Gasteiger partial charge < -0.3 is 5.11 Å². The average molecular weight is 270 g/mol. The van der Waals surface area contributed by atoms with E-state index in [9.17, 15) is 13.2 Å². The van der Waals surface area contributed by atoms with Crippen LogP contribution < -0.4 is 0 Å². The number of carboxylic acids is 1. The van der Waals surface area contributed by atoms with Gasteiger partial charge in [-0.3, -0.25) is 4.79 Å². The van der Waals surface area contributed by atoms with E-state index in [0.717, 1.165) is 6.42 Å². The molecule has 0 aliphatic heterocycles. The SMILES string of the molecule is CCC(C)CS(=O)(=O)c1ccc(CC(=O)O)cc1. The highest BCUT2D eigenvalue weighted by Gasteiger charge is 2.17. The zero-order valence-corrected chi connectivity index (χ0v) is 11.4. The van der Waals surface area contributed by atoms with E-state index in [2.05, 4.69) is 0 Å². The minimum absolute atomic E-state index is 0.0916. The van der Waals surface area contributed by atoms with E-state index >= 15 is 0 Å². The number of carboxylic acid groups (broad SMARTS) is 1. The first kappa shape index (κ1) is 14.7. The number of rotatable bonds is 6. The summed E-state index contributed by atoms with van der Waals surface area (Å²) < 4.78 is 24.0. The van der Waals surface area contributed by atoms with Crippen LogP contribution in [0, 0.1) is 5.92 Å². The molecule has 0 amide bonds. The van der Waals surface area contributed by atoms with Crippen LogP contribution in [0.4, 0.5) is 0 Å². The Bertz CT molecular complexity index is 502. The fraction of sp³-hybridized carbons (Fsp3) is 0.462. The lowest BCUT2D eigenvalue weighted by atomic mass is 10.2. The summed E-state index contributed by atoms with van der Waals surface area (Å²) in [6.45, 7) is 3.85. The van der Waals surface area contributed by atoms with Crippen LogP contribution in [0.15, 0.2) is 29.2 Å². The van der Waals surface area contributed by atoms with E-state index in [1.54, 1.807) is 12.1 Å². The van der Waals surface area contributed by atoms with E-state index < -0.39 is 15.8 Å². The number of sulfone groups is 1. The number of hydrogen-bond acceptors (Lipinski definition) is 3. The monoisotopic (exact) mass is 270 g/mol. The molecule has 1 aromatic rings. The molecule has 1 N–H and O–H groups in total. The molecule has 0 saturated carbocycles. The summed E-state index contributed by atoms with van der Waals surface area (Å²) in [6.07, 6.45) is 0.724. The van der Waals surface area contributed by atoms with Crippen molar-refractivity contribution in [3.63, 3.8) is 0 Å². The molecule has 4 nitrogen and oxygen atoms in total. The molecule has 1 unspecified atom stereocenters. The van der Waals surface area contributed by atoms with Crippen molar-refractivity contribution in [2.75, 3.05) is 5.75 Å². The Morgan fingerprint density at radius 2 is 1.83 bits per heavy atom. The van der Waals surface area contributed by atoms with Gasteiger partial charge in [0.05, 0.1) is 17.1 Å².